The van der Waals surface area contributed by atoms with E-state index in [-0.39, 0.29) is 11.4 Å². The second kappa shape index (κ2) is 5.23. The third-order valence-corrected chi connectivity index (χ3v) is 3.18. The summed E-state index contributed by atoms with van der Waals surface area (Å²) in [6.07, 6.45) is -4.52. The highest BCUT2D eigenvalue weighted by atomic mass is 127. The normalized spacial score (nSPS) is 13.5. The molecule has 8 heteroatoms. The second-order valence-corrected chi connectivity index (χ2v) is 6.06. The zero-order valence-corrected chi connectivity index (χ0v) is 12.8. The van der Waals surface area contributed by atoms with E-state index in [2.05, 4.69) is 10.3 Å². The molecule has 0 saturated heterocycles. The number of aromatic nitrogens is 2. The van der Waals surface area contributed by atoms with Crippen LogP contribution in [0.3, 0.4) is 0 Å². The van der Waals surface area contributed by atoms with E-state index in [1.54, 1.807) is 6.92 Å². The summed E-state index contributed by atoms with van der Waals surface area (Å²) in [6, 6.07) is 4.48. The van der Waals surface area contributed by atoms with E-state index in [0.717, 1.165) is 4.57 Å². The molecule has 2 rings (SSSR count). The number of fused-ring (bicyclic) bond motifs is 1. The van der Waals surface area contributed by atoms with Crippen LogP contribution >= 0.6 is 22.6 Å². The van der Waals surface area contributed by atoms with Gasteiger partial charge >= 0.3 is 6.18 Å². The predicted octanol–water partition coefficient (Wildman–Crippen LogP) is 3.97. The van der Waals surface area contributed by atoms with Crippen molar-refractivity contribution in [3.8, 4) is 0 Å². The first-order valence-electron chi connectivity index (χ1n) is 5.71. The molecule has 20 heavy (non-hydrogen) atoms. The van der Waals surface area contributed by atoms with Gasteiger partial charge in [-0.3, -0.25) is 4.79 Å². The van der Waals surface area contributed by atoms with Gasteiger partial charge in [-0.05, 0) is 25.1 Å². The van der Waals surface area contributed by atoms with Gasteiger partial charge < -0.3 is 9.88 Å². The summed E-state index contributed by atoms with van der Waals surface area (Å²) < 4.78 is 39.7. The van der Waals surface area contributed by atoms with Gasteiger partial charge in [-0.1, -0.05) is 22.6 Å². The number of anilines is 1. The molecule has 1 N–H and O–H groups in total. The monoisotopic (exact) mass is 397 g/mol. The minimum Gasteiger partial charge on any atom is -0.326 e. The maximum atomic E-state index is 13.0. The first kappa shape index (κ1) is 15.1. The van der Waals surface area contributed by atoms with Gasteiger partial charge in [0, 0.05) is 12.6 Å². The van der Waals surface area contributed by atoms with Crippen molar-refractivity contribution in [3.05, 3.63) is 24.0 Å². The number of amides is 1. The largest absolute Gasteiger partial charge is 0.449 e. The Labute approximate surface area is 126 Å². The van der Waals surface area contributed by atoms with Crippen LogP contribution in [-0.2, 0) is 11.0 Å². The van der Waals surface area contributed by atoms with E-state index in [4.69, 9.17) is 0 Å². The molecule has 1 atom stereocenters. The number of carbonyl (C=O) groups is 1. The highest BCUT2D eigenvalue weighted by Crippen LogP contribution is 2.36. The number of carbonyl (C=O) groups excluding carboxylic acids is 1. The summed E-state index contributed by atoms with van der Waals surface area (Å²) in [4.78, 5) is 14.7. The van der Waals surface area contributed by atoms with Crippen LogP contribution in [0.15, 0.2) is 18.2 Å². The maximum Gasteiger partial charge on any atom is 0.449 e. The Morgan fingerprint density at radius 1 is 1.45 bits per heavy atom. The Morgan fingerprint density at radius 3 is 2.60 bits per heavy atom. The number of hydrogen-bond donors (Lipinski definition) is 1. The lowest BCUT2D eigenvalue weighted by atomic mass is 10.2. The van der Waals surface area contributed by atoms with Gasteiger partial charge in [0.2, 0.25) is 11.7 Å². The fourth-order valence-electron chi connectivity index (χ4n) is 1.93. The summed E-state index contributed by atoms with van der Waals surface area (Å²) in [5.74, 6) is -1.22. The summed E-state index contributed by atoms with van der Waals surface area (Å²) in [7, 11) is 0. The van der Waals surface area contributed by atoms with E-state index < -0.39 is 16.0 Å². The average molecular weight is 397 g/mol. The zero-order chi connectivity index (χ0) is 15.1. The standard InChI is InChI=1S/C12H11F3IN3O/c1-6(16)19-10-5-8(17-7(2)20)3-4-9(10)18-11(19)12(13,14)15/h3-6H,1-2H3,(H,17,20). The van der Waals surface area contributed by atoms with Crippen molar-refractivity contribution in [2.75, 3.05) is 5.32 Å². The van der Waals surface area contributed by atoms with Gasteiger partial charge in [-0.25, -0.2) is 4.98 Å². The number of alkyl halides is 4. The van der Waals surface area contributed by atoms with Crippen molar-refractivity contribution in [1.82, 2.24) is 9.55 Å². The van der Waals surface area contributed by atoms with Crippen molar-refractivity contribution in [2.45, 2.75) is 24.1 Å². The first-order chi connectivity index (χ1) is 9.20. The number of hydrogen-bond acceptors (Lipinski definition) is 2. The molecule has 0 saturated carbocycles. The number of benzene rings is 1. The minimum atomic E-state index is -4.52. The van der Waals surface area contributed by atoms with Gasteiger partial charge in [-0.15, -0.1) is 0 Å². The Morgan fingerprint density at radius 2 is 2.10 bits per heavy atom. The highest BCUT2D eigenvalue weighted by Gasteiger charge is 2.38. The number of imidazole rings is 1. The van der Waals surface area contributed by atoms with Gasteiger partial charge in [-0.2, -0.15) is 13.2 Å². The van der Waals surface area contributed by atoms with Gasteiger partial charge in [0.05, 0.1) is 15.1 Å². The van der Waals surface area contributed by atoms with Crippen molar-refractivity contribution >= 4 is 45.2 Å². The quantitative estimate of drug-likeness (QED) is 0.616. The van der Waals surface area contributed by atoms with Gasteiger partial charge in [0.1, 0.15) is 0 Å². The zero-order valence-electron chi connectivity index (χ0n) is 10.6. The Hall–Kier alpha value is -1.32. The van der Waals surface area contributed by atoms with Crippen LogP contribution in [0, 0.1) is 0 Å². The van der Waals surface area contributed by atoms with Crippen LogP contribution in [0.25, 0.3) is 11.0 Å². The van der Waals surface area contributed by atoms with E-state index in [1.807, 2.05) is 22.6 Å². The van der Waals surface area contributed by atoms with E-state index in [9.17, 15) is 18.0 Å². The van der Waals surface area contributed by atoms with Crippen molar-refractivity contribution < 1.29 is 18.0 Å². The Bertz CT molecular complexity index is 664. The molecule has 1 aromatic carbocycles. The lowest BCUT2D eigenvalue weighted by Crippen LogP contribution is -2.15. The highest BCUT2D eigenvalue weighted by molar-refractivity contribution is 14.1. The number of halogens is 4. The number of nitrogens with zero attached hydrogens (tertiary/aromatic N) is 2. The van der Waals surface area contributed by atoms with Gasteiger partial charge in [0.25, 0.3) is 0 Å². The van der Waals surface area contributed by atoms with Crippen LogP contribution in [0.5, 0.6) is 0 Å². The predicted molar refractivity (Wildman–Crippen MR) is 77.8 cm³/mol. The molecule has 2 aromatic rings. The summed E-state index contributed by atoms with van der Waals surface area (Å²) in [5.41, 5.74) is 1.03. The average Bonchev–Trinajstić information content (AvgIpc) is 2.66. The lowest BCUT2D eigenvalue weighted by Gasteiger charge is -2.13. The lowest BCUT2D eigenvalue weighted by molar-refractivity contribution is -0.146. The molecule has 1 amide bonds. The molecule has 0 aliphatic rings. The van der Waals surface area contributed by atoms with Crippen molar-refractivity contribution in [2.24, 2.45) is 0 Å². The summed E-state index contributed by atoms with van der Waals surface area (Å²) in [6.45, 7) is 2.98. The number of nitrogens with one attached hydrogen (secondary N) is 1. The SMILES string of the molecule is CC(=O)Nc1ccc2nc(C(F)(F)F)n(C(C)I)c2c1. The molecule has 1 aromatic heterocycles. The third-order valence-electron chi connectivity index (χ3n) is 2.62. The third kappa shape index (κ3) is 2.89. The molecule has 0 spiro atoms. The summed E-state index contributed by atoms with van der Waals surface area (Å²) >= 11 is 1.89. The van der Waals surface area contributed by atoms with Crippen LogP contribution in [-0.4, -0.2) is 15.5 Å². The number of rotatable bonds is 2. The molecule has 1 heterocycles. The molecule has 4 nitrogen and oxygen atoms in total. The van der Waals surface area contributed by atoms with E-state index in [0.29, 0.717) is 11.2 Å². The fraction of sp³-hybridized carbons (Fsp3) is 0.333. The molecule has 1 unspecified atom stereocenters. The first-order valence-corrected chi connectivity index (χ1v) is 6.95. The maximum absolute atomic E-state index is 13.0. The molecule has 0 bridgehead atoms. The molecule has 108 valence electrons. The molecular weight excluding hydrogens is 386 g/mol. The van der Waals surface area contributed by atoms with Crippen LogP contribution in [0.2, 0.25) is 0 Å². The van der Waals surface area contributed by atoms with E-state index in [1.165, 1.54) is 25.1 Å². The van der Waals surface area contributed by atoms with Crippen LogP contribution in [0.4, 0.5) is 18.9 Å². The van der Waals surface area contributed by atoms with Crippen molar-refractivity contribution in [3.63, 3.8) is 0 Å². The fourth-order valence-corrected chi connectivity index (χ4v) is 2.50. The Balaban J connectivity index is 2.67. The second-order valence-electron chi connectivity index (χ2n) is 4.26. The van der Waals surface area contributed by atoms with Crippen molar-refractivity contribution in [1.29, 1.82) is 0 Å². The molecule has 0 aliphatic carbocycles. The van der Waals surface area contributed by atoms with Crippen LogP contribution < -0.4 is 5.32 Å². The Kier molecular flexibility index (Phi) is 3.94. The summed E-state index contributed by atoms with van der Waals surface area (Å²) in [5, 5.41) is 2.55. The molecule has 0 fully saturated rings. The molecule has 0 aliphatic heterocycles. The van der Waals surface area contributed by atoms with E-state index >= 15 is 0 Å². The molecule has 0 radical (unpaired) electrons. The van der Waals surface area contributed by atoms with Gasteiger partial charge in [0.15, 0.2) is 0 Å². The molecular formula is C12H11F3IN3O. The smallest absolute Gasteiger partial charge is 0.326 e. The topological polar surface area (TPSA) is 46.9 Å². The van der Waals surface area contributed by atoms with Crippen LogP contribution in [0.1, 0.15) is 23.7 Å². The minimum absolute atomic E-state index is 0.245.